The number of rotatable bonds is 0. The maximum Gasteiger partial charge on any atom is 0.244 e. The highest BCUT2D eigenvalue weighted by molar-refractivity contribution is 7.01. The number of aryl methyl sites for hydroxylation is 2. The van der Waals surface area contributed by atoms with Crippen molar-refractivity contribution in [3.8, 4) is 22.3 Å². The van der Waals surface area contributed by atoms with Crippen LogP contribution in [-0.4, -0.2) is 6.71 Å². The van der Waals surface area contributed by atoms with Gasteiger partial charge in [0.25, 0.3) is 0 Å². The molecule has 0 N–H and O–H groups in total. The summed E-state index contributed by atoms with van der Waals surface area (Å²) in [5.41, 5.74) is 11.2. The predicted molar refractivity (Wildman–Crippen MR) is 111 cm³/mol. The minimum Gasteiger partial charge on any atom is -0.461 e. The first-order valence-corrected chi connectivity index (χ1v) is 9.41. The van der Waals surface area contributed by atoms with Gasteiger partial charge in [0.1, 0.15) is 22.7 Å². The lowest BCUT2D eigenvalue weighted by atomic mass is 9.31. The van der Waals surface area contributed by atoms with Crippen LogP contribution in [0, 0.1) is 13.8 Å². The van der Waals surface area contributed by atoms with E-state index in [1.807, 2.05) is 0 Å². The molecule has 0 fully saturated rings. The van der Waals surface area contributed by atoms with Crippen molar-refractivity contribution in [2.24, 2.45) is 0 Å². The lowest BCUT2D eigenvalue weighted by molar-refractivity contribution is 0.580. The highest BCUT2D eigenvalue weighted by atomic mass is 16.3. The van der Waals surface area contributed by atoms with Gasteiger partial charge in [-0.1, -0.05) is 58.9 Å². The van der Waals surface area contributed by atoms with E-state index in [1.165, 1.54) is 49.4 Å². The maximum atomic E-state index is 6.16. The Morgan fingerprint density at radius 2 is 1.11 bits per heavy atom. The van der Waals surface area contributed by atoms with Gasteiger partial charge in [-0.05, 0) is 37.1 Å². The van der Waals surface area contributed by atoms with Crippen LogP contribution in [0.25, 0.3) is 44.2 Å². The Morgan fingerprint density at radius 3 is 1.63 bits per heavy atom. The molecular weight excluding hydrogens is 331 g/mol. The average Bonchev–Trinajstić information content (AvgIpc) is 3.19. The summed E-state index contributed by atoms with van der Waals surface area (Å²) in [4.78, 5) is 0. The molecule has 0 radical (unpaired) electrons. The number of furan rings is 2. The van der Waals surface area contributed by atoms with Crippen LogP contribution in [0.3, 0.4) is 0 Å². The second-order valence-electron chi connectivity index (χ2n) is 7.71. The van der Waals surface area contributed by atoms with Gasteiger partial charge in [-0.2, -0.15) is 0 Å². The van der Waals surface area contributed by atoms with Crippen molar-refractivity contribution in [1.82, 2.24) is 0 Å². The van der Waals surface area contributed by atoms with Crippen molar-refractivity contribution < 1.29 is 8.83 Å². The second-order valence-corrected chi connectivity index (χ2v) is 7.71. The van der Waals surface area contributed by atoms with Gasteiger partial charge in [0.2, 0.25) is 6.71 Å². The van der Waals surface area contributed by atoms with Gasteiger partial charge in [-0.25, -0.2) is 0 Å². The third-order valence-electron chi connectivity index (χ3n) is 6.40. The Kier molecular flexibility index (Phi) is 2.26. The summed E-state index contributed by atoms with van der Waals surface area (Å²) in [7, 11) is 0. The molecule has 5 aromatic rings. The predicted octanol–water partition coefficient (Wildman–Crippen LogP) is 4.27. The molecule has 7 rings (SSSR count). The zero-order valence-corrected chi connectivity index (χ0v) is 15.1. The van der Waals surface area contributed by atoms with Crippen LogP contribution in [-0.2, 0) is 0 Å². The maximum absolute atomic E-state index is 6.16. The Labute approximate surface area is 156 Å². The molecule has 0 unspecified atom stereocenters. The van der Waals surface area contributed by atoms with E-state index >= 15 is 0 Å². The molecule has 27 heavy (non-hydrogen) atoms. The summed E-state index contributed by atoms with van der Waals surface area (Å²) >= 11 is 0. The highest BCUT2D eigenvalue weighted by Crippen LogP contribution is 2.42. The van der Waals surface area contributed by atoms with Crippen molar-refractivity contribution >= 4 is 45.0 Å². The van der Waals surface area contributed by atoms with Gasteiger partial charge >= 0.3 is 0 Å². The van der Waals surface area contributed by atoms with Crippen LogP contribution in [0.1, 0.15) is 11.5 Å². The molecule has 0 atom stereocenters. The molecule has 0 saturated heterocycles. The summed E-state index contributed by atoms with van der Waals surface area (Å²) in [6, 6.07) is 19.6. The molecule has 2 nitrogen and oxygen atoms in total. The zero-order chi connectivity index (χ0) is 17.9. The van der Waals surface area contributed by atoms with E-state index in [1.54, 1.807) is 0 Å². The first kappa shape index (κ1) is 13.9. The van der Waals surface area contributed by atoms with Gasteiger partial charge in [-0.3, -0.25) is 0 Å². The summed E-state index contributed by atoms with van der Waals surface area (Å²) in [6.45, 7) is 4.38. The fourth-order valence-corrected chi connectivity index (χ4v) is 5.51. The Bertz CT molecular complexity index is 1340. The lowest BCUT2D eigenvalue weighted by Crippen LogP contribution is -2.57. The summed E-state index contributed by atoms with van der Waals surface area (Å²) in [5.74, 6) is 1.99. The molecule has 0 amide bonds. The third-order valence-corrected chi connectivity index (χ3v) is 6.40. The topological polar surface area (TPSA) is 26.3 Å². The third kappa shape index (κ3) is 1.44. The normalized spacial score (nSPS) is 13.5. The molecule has 2 aliphatic heterocycles. The SMILES string of the molecule is Cc1oc2cccc3c2c1-c1cccc2c1B3c1cccc3oc(C)c-2c13. The van der Waals surface area contributed by atoms with Gasteiger partial charge in [0.15, 0.2) is 0 Å². The van der Waals surface area contributed by atoms with Crippen LogP contribution in [0.4, 0.5) is 0 Å². The Morgan fingerprint density at radius 1 is 0.630 bits per heavy atom. The minimum atomic E-state index is 0.220. The van der Waals surface area contributed by atoms with E-state index in [0.29, 0.717) is 0 Å². The van der Waals surface area contributed by atoms with Crippen LogP contribution in [0.5, 0.6) is 0 Å². The van der Waals surface area contributed by atoms with Crippen molar-refractivity contribution in [3.63, 3.8) is 0 Å². The van der Waals surface area contributed by atoms with Crippen molar-refractivity contribution in [1.29, 1.82) is 0 Å². The molecule has 3 aromatic carbocycles. The summed E-state index contributed by atoms with van der Waals surface area (Å²) in [5, 5.41) is 2.54. The quantitative estimate of drug-likeness (QED) is 0.383. The number of fused-ring (bicyclic) bond motifs is 4. The molecule has 2 aromatic heterocycles. The average molecular weight is 346 g/mol. The molecule has 126 valence electrons. The van der Waals surface area contributed by atoms with E-state index in [4.69, 9.17) is 8.83 Å². The molecule has 3 heteroatoms. The van der Waals surface area contributed by atoms with Crippen LogP contribution in [0.15, 0.2) is 63.4 Å². The molecule has 2 aliphatic rings. The fraction of sp³-hybridized carbons (Fsp3) is 0.0833. The number of hydrogen-bond donors (Lipinski definition) is 0. The van der Waals surface area contributed by atoms with Gasteiger partial charge in [0.05, 0.1) is 0 Å². The first-order valence-electron chi connectivity index (χ1n) is 9.41. The smallest absolute Gasteiger partial charge is 0.244 e. The van der Waals surface area contributed by atoms with E-state index in [-0.39, 0.29) is 6.71 Å². The number of benzene rings is 3. The van der Waals surface area contributed by atoms with Crippen LogP contribution >= 0.6 is 0 Å². The molecule has 0 saturated carbocycles. The van der Waals surface area contributed by atoms with Crippen molar-refractivity contribution in [2.75, 3.05) is 0 Å². The summed E-state index contributed by atoms with van der Waals surface area (Å²) < 4.78 is 12.3. The molecule has 0 aliphatic carbocycles. The van der Waals surface area contributed by atoms with Crippen molar-refractivity contribution in [2.45, 2.75) is 13.8 Å². The largest absolute Gasteiger partial charge is 0.461 e. The van der Waals surface area contributed by atoms with E-state index < -0.39 is 0 Å². The van der Waals surface area contributed by atoms with Crippen LogP contribution in [0.2, 0.25) is 0 Å². The second kappa shape index (κ2) is 4.37. The van der Waals surface area contributed by atoms with E-state index in [0.717, 1.165) is 22.7 Å². The summed E-state index contributed by atoms with van der Waals surface area (Å²) in [6.07, 6.45) is 0. The highest BCUT2D eigenvalue weighted by Gasteiger charge is 2.40. The minimum absolute atomic E-state index is 0.220. The zero-order valence-electron chi connectivity index (χ0n) is 15.1. The molecular formula is C24H15BO2. The van der Waals surface area contributed by atoms with Gasteiger partial charge in [0, 0.05) is 21.9 Å². The first-order chi connectivity index (χ1) is 13.2. The van der Waals surface area contributed by atoms with Crippen molar-refractivity contribution in [3.05, 3.63) is 66.1 Å². The Hall–Kier alpha value is -3.20. The number of hydrogen-bond acceptors (Lipinski definition) is 2. The Balaban J connectivity index is 1.79. The lowest BCUT2D eigenvalue weighted by Gasteiger charge is -2.30. The molecule has 4 heterocycles. The molecule has 0 spiro atoms. The standard InChI is InChI=1S/C24H15BO2/c1-12-20-14-6-3-7-15-21-13(2)27-19-11-5-9-17(23(19)21)25(24(14)15)16-8-4-10-18(26-12)22(16)20/h3-11H,1-2H3. The fourth-order valence-electron chi connectivity index (χ4n) is 5.51. The monoisotopic (exact) mass is 346 g/mol. The van der Waals surface area contributed by atoms with Crippen LogP contribution < -0.4 is 16.4 Å². The van der Waals surface area contributed by atoms with E-state index in [9.17, 15) is 0 Å². The van der Waals surface area contributed by atoms with E-state index in [2.05, 4.69) is 68.4 Å². The van der Waals surface area contributed by atoms with Gasteiger partial charge < -0.3 is 8.83 Å². The van der Waals surface area contributed by atoms with Gasteiger partial charge in [-0.15, -0.1) is 0 Å². The molecule has 0 bridgehead atoms.